The Labute approximate surface area is 285 Å². The van der Waals surface area contributed by atoms with E-state index in [0.717, 1.165) is 4.90 Å². The number of ether oxygens (including phenoxy) is 3. The first kappa shape index (κ1) is 34.9. The van der Waals surface area contributed by atoms with Gasteiger partial charge in [-0.25, -0.2) is 19.6 Å². The van der Waals surface area contributed by atoms with Crippen molar-refractivity contribution >= 4 is 70.5 Å². The second kappa shape index (κ2) is 12.3. The number of carbonyl (C=O) groups excluding carboxylic acids is 2. The zero-order valence-corrected chi connectivity index (χ0v) is 29.9. The molecule has 2 amide bonds. The molecule has 4 heterocycles. The van der Waals surface area contributed by atoms with Crippen molar-refractivity contribution in [3.8, 4) is 5.75 Å². The molecule has 1 fully saturated rings. The lowest BCUT2D eigenvalue weighted by Gasteiger charge is -2.32. The number of carbonyl (C=O) groups is 2. The van der Waals surface area contributed by atoms with Crippen LogP contribution in [0.1, 0.15) is 74.8 Å². The first-order valence-electron chi connectivity index (χ1n) is 15.3. The lowest BCUT2D eigenvalue weighted by Crippen LogP contribution is -2.45. The van der Waals surface area contributed by atoms with Gasteiger partial charge < -0.3 is 28.4 Å². The lowest BCUT2D eigenvalue weighted by molar-refractivity contribution is 0.00578. The van der Waals surface area contributed by atoms with Gasteiger partial charge in [0.05, 0.1) is 33.7 Å². The molecule has 252 valence electrons. The molecule has 2 aliphatic rings. The number of benzene rings is 1. The summed E-state index contributed by atoms with van der Waals surface area (Å²) in [6.45, 7) is 18.8. The van der Waals surface area contributed by atoms with Crippen LogP contribution >= 0.6 is 23.2 Å². The Kier molecular flexibility index (Phi) is 9.11. The van der Waals surface area contributed by atoms with Crippen LogP contribution in [0.15, 0.2) is 24.4 Å². The SMILES string of the molecule is CC(C)(C)OC(=O)N(C(=O)OC(C)(C)C)c1ncccc1CN1CCOc2c(Cl)c(B3OC(C)(C)C(C)(C)O3)cc3nc(Cl)nc1c23. The van der Waals surface area contributed by atoms with Crippen LogP contribution in [0.4, 0.5) is 21.2 Å². The predicted octanol–water partition coefficient (Wildman–Crippen LogP) is 6.71. The third-order valence-corrected chi connectivity index (χ3v) is 8.43. The minimum absolute atomic E-state index is 0.00286. The molecule has 2 aliphatic heterocycles. The van der Waals surface area contributed by atoms with Crippen LogP contribution in [0.5, 0.6) is 5.75 Å². The zero-order chi connectivity index (χ0) is 34.7. The molecule has 0 unspecified atom stereocenters. The number of aromatic nitrogens is 3. The molecule has 3 aromatic rings. The van der Waals surface area contributed by atoms with Gasteiger partial charge >= 0.3 is 19.3 Å². The summed E-state index contributed by atoms with van der Waals surface area (Å²) in [5.41, 5.74) is -1.42. The van der Waals surface area contributed by atoms with E-state index in [4.69, 9.17) is 46.7 Å². The van der Waals surface area contributed by atoms with Gasteiger partial charge in [0.1, 0.15) is 23.6 Å². The van der Waals surface area contributed by atoms with E-state index in [0.29, 0.717) is 45.1 Å². The Balaban J connectivity index is 1.58. The zero-order valence-electron chi connectivity index (χ0n) is 28.4. The Bertz CT molecular complexity index is 1680. The lowest BCUT2D eigenvalue weighted by atomic mass is 9.78. The third kappa shape index (κ3) is 7.23. The van der Waals surface area contributed by atoms with Crippen LogP contribution in [0.3, 0.4) is 0 Å². The van der Waals surface area contributed by atoms with Crippen molar-refractivity contribution in [2.24, 2.45) is 0 Å². The number of hydrogen-bond acceptors (Lipinski definition) is 11. The number of hydrogen-bond donors (Lipinski definition) is 0. The molecular weight excluding hydrogens is 648 g/mol. The maximum atomic E-state index is 13.5. The van der Waals surface area contributed by atoms with E-state index in [1.54, 1.807) is 59.7 Å². The van der Waals surface area contributed by atoms with Crippen molar-refractivity contribution in [2.75, 3.05) is 23.0 Å². The van der Waals surface area contributed by atoms with Gasteiger partial charge in [-0.05, 0) is 93.0 Å². The van der Waals surface area contributed by atoms with E-state index in [-0.39, 0.29) is 24.3 Å². The van der Waals surface area contributed by atoms with Crippen LogP contribution < -0.4 is 20.0 Å². The summed E-state index contributed by atoms with van der Waals surface area (Å²) in [5, 5.41) is 0.856. The summed E-state index contributed by atoms with van der Waals surface area (Å²) in [5.74, 6) is 0.872. The molecule has 1 saturated heterocycles. The smallest absolute Gasteiger partial charge is 0.489 e. The molecule has 0 spiro atoms. The van der Waals surface area contributed by atoms with Crippen LogP contribution in [-0.2, 0) is 25.3 Å². The highest BCUT2D eigenvalue weighted by Gasteiger charge is 2.52. The predicted molar refractivity (Wildman–Crippen MR) is 181 cm³/mol. The number of pyridine rings is 1. The summed E-state index contributed by atoms with van der Waals surface area (Å²) < 4.78 is 30.0. The summed E-state index contributed by atoms with van der Waals surface area (Å²) in [6.07, 6.45) is -0.366. The average molecular weight is 688 g/mol. The number of anilines is 2. The standard InChI is InChI=1S/C32H40BCl2N5O7/c1-29(2,3)44-27(41)40(28(42)45-30(4,5)6)24-18(12-11-13-36-24)17-39-14-15-43-23-21-20(37-26(35)38-25(21)39)16-19(22(23)34)33-46-31(7,8)32(9,10)47-33/h11-13,16H,14-15,17H2,1-10H3. The van der Waals surface area contributed by atoms with Crippen molar-refractivity contribution in [1.29, 1.82) is 0 Å². The van der Waals surface area contributed by atoms with E-state index in [9.17, 15) is 9.59 Å². The molecule has 12 nitrogen and oxygen atoms in total. The Morgan fingerprint density at radius 3 is 2.17 bits per heavy atom. The third-order valence-electron chi connectivity index (χ3n) is 7.87. The Morgan fingerprint density at radius 2 is 1.60 bits per heavy atom. The molecule has 15 heteroatoms. The van der Waals surface area contributed by atoms with Crippen molar-refractivity contribution < 1.29 is 33.1 Å². The van der Waals surface area contributed by atoms with Crippen LogP contribution in [0, 0.1) is 0 Å². The Morgan fingerprint density at radius 1 is 1.00 bits per heavy atom. The minimum atomic E-state index is -0.925. The topological polar surface area (TPSA) is 125 Å². The second-order valence-corrected chi connectivity index (χ2v) is 15.2. The number of rotatable bonds is 4. The molecule has 47 heavy (non-hydrogen) atoms. The fourth-order valence-corrected chi connectivity index (χ4v) is 5.52. The Hall–Kier alpha value is -3.39. The molecule has 0 N–H and O–H groups in total. The molecule has 0 radical (unpaired) electrons. The largest absolute Gasteiger partial charge is 0.496 e. The maximum absolute atomic E-state index is 13.5. The first-order chi connectivity index (χ1) is 21.7. The highest BCUT2D eigenvalue weighted by atomic mass is 35.5. The summed E-state index contributed by atoms with van der Waals surface area (Å²) in [4.78, 5) is 43.2. The van der Waals surface area contributed by atoms with Gasteiger partial charge in [0.25, 0.3) is 0 Å². The van der Waals surface area contributed by atoms with E-state index in [1.807, 2.05) is 32.6 Å². The van der Waals surface area contributed by atoms with Crippen molar-refractivity contribution in [3.05, 3.63) is 40.3 Å². The van der Waals surface area contributed by atoms with Crippen LogP contribution in [-0.4, -0.2) is 69.8 Å². The van der Waals surface area contributed by atoms with E-state index in [1.165, 1.54) is 6.20 Å². The van der Waals surface area contributed by atoms with Gasteiger partial charge in [-0.3, -0.25) is 0 Å². The van der Waals surface area contributed by atoms with Gasteiger partial charge in [0.15, 0.2) is 11.6 Å². The molecule has 2 aromatic heterocycles. The van der Waals surface area contributed by atoms with Crippen molar-refractivity contribution in [3.63, 3.8) is 0 Å². The van der Waals surface area contributed by atoms with Crippen molar-refractivity contribution in [1.82, 2.24) is 15.0 Å². The van der Waals surface area contributed by atoms with E-state index in [2.05, 4.69) is 15.0 Å². The molecular formula is C32H40BCl2N5O7. The molecule has 0 aliphatic carbocycles. The number of amides is 2. The maximum Gasteiger partial charge on any atom is 0.496 e. The highest BCUT2D eigenvalue weighted by Crippen LogP contribution is 2.43. The number of nitrogens with zero attached hydrogens (tertiary/aromatic N) is 5. The minimum Gasteiger partial charge on any atom is -0.489 e. The highest BCUT2D eigenvalue weighted by molar-refractivity contribution is 6.66. The molecule has 0 atom stereocenters. The van der Waals surface area contributed by atoms with E-state index < -0.39 is 41.7 Å². The van der Waals surface area contributed by atoms with Crippen LogP contribution in [0.25, 0.3) is 10.9 Å². The summed E-state index contributed by atoms with van der Waals surface area (Å²) in [7, 11) is -0.766. The molecule has 1 aromatic carbocycles. The van der Waals surface area contributed by atoms with Gasteiger partial charge in [0.2, 0.25) is 5.28 Å². The van der Waals surface area contributed by atoms with Gasteiger partial charge in [-0.15, -0.1) is 0 Å². The van der Waals surface area contributed by atoms with Crippen molar-refractivity contribution in [2.45, 2.75) is 98.2 Å². The normalized spacial score (nSPS) is 17.3. The summed E-state index contributed by atoms with van der Waals surface area (Å²) >= 11 is 13.5. The number of imide groups is 1. The monoisotopic (exact) mass is 687 g/mol. The fourth-order valence-electron chi connectivity index (χ4n) is 5.06. The quantitative estimate of drug-likeness (QED) is 0.215. The molecule has 0 saturated carbocycles. The average Bonchev–Trinajstić information content (AvgIpc) is 3.01. The molecule has 0 bridgehead atoms. The van der Waals surface area contributed by atoms with Gasteiger partial charge in [0, 0.05) is 23.8 Å². The second-order valence-electron chi connectivity index (χ2n) is 14.5. The van der Waals surface area contributed by atoms with Crippen LogP contribution in [0.2, 0.25) is 10.3 Å². The molecule has 5 rings (SSSR count). The summed E-state index contributed by atoms with van der Waals surface area (Å²) in [6, 6.07) is 5.24. The van der Waals surface area contributed by atoms with Gasteiger partial charge in [-0.1, -0.05) is 17.7 Å². The first-order valence-corrected chi connectivity index (χ1v) is 16.1. The number of halogens is 2. The fraction of sp³-hybridized carbons (Fsp3) is 0.531. The van der Waals surface area contributed by atoms with E-state index >= 15 is 0 Å². The van der Waals surface area contributed by atoms with Gasteiger partial charge in [-0.2, -0.15) is 9.88 Å².